The second-order valence-electron chi connectivity index (χ2n) is 6.20. The number of primary amides is 1. The Labute approximate surface area is 171 Å². The van der Waals surface area contributed by atoms with Gasteiger partial charge in [-0.1, -0.05) is 47.5 Å². The summed E-state index contributed by atoms with van der Waals surface area (Å²) in [5, 5.41) is -0.0424. The molecule has 1 fully saturated rings. The fourth-order valence-corrected chi connectivity index (χ4v) is 3.74. The van der Waals surface area contributed by atoms with Crippen LogP contribution >= 0.6 is 23.4 Å². The SMILES string of the molecule is Cc1cccc(CN2C(=O)SC(=Cc3ccc(OCC(N)=O)c(Cl)c3)C2=O)c1. The van der Waals surface area contributed by atoms with Gasteiger partial charge in [0.2, 0.25) is 0 Å². The molecule has 0 saturated carbocycles. The zero-order chi connectivity index (χ0) is 20.3. The molecule has 0 aliphatic carbocycles. The van der Waals surface area contributed by atoms with Crippen LogP contribution in [-0.4, -0.2) is 28.6 Å². The van der Waals surface area contributed by atoms with Gasteiger partial charge in [-0.05, 0) is 48.0 Å². The van der Waals surface area contributed by atoms with Crippen LogP contribution in [0, 0.1) is 6.92 Å². The van der Waals surface area contributed by atoms with Crippen molar-refractivity contribution in [3.8, 4) is 5.75 Å². The highest BCUT2D eigenvalue weighted by Gasteiger charge is 2.35. The normalized spacial score (nSPS) is 15.4. The smallest absolute Gasteiger partial charge is 0.293 e. The molecular weight excluding hydrogens is 400 g/mol. The molecule has 1 aliphatic rings. The first kappa shape index (κ1) is 20.0. The van der Waals surface area contributed by atoms with Gasteiger partial charge < -0.3 is 10.5 Å². The second-order valence-corrected chi connectivity index (χ2v) is 7.60. The van der Waals surface area contributed by atoms with Gasteiger partial charge in [0.25, 0.3) is 17.1 Å². The largest absolute Gasteiger partial charge is 0.482 e. The van der Waals surface area contributed by atoms with E-state index in [9.17, 15) is 14.4 Å². The first-order chi connectivity index (χ1) is 13.3. The first-order valence-corrected chi connectivity index (χ1v) is 9.54. The lowest BCUT2D eigenvalue weighted by Crippen LogP contribution is -2.27. The molecule has 0 spiro atoms. The molecular formula is C20H17ClN2O4S. The number of benzene rings is 2. The number of rotatable bonds is 6. The molecule has 6 nitrogen and oxygen atoms in total. The Morgan fingerprint density at radius 2 is 2.04 bits per heavy atom. The Balaban J connectivity index is 1.76. The summed E-state index contributed by atoms with van der Waals surface area (Å²) in [6, 6.07) is 12.5. The predicted octanol–water partition coefficient (Wildman–Crippen LogP) is 3.75. The highest BCUT2D eigenvalue weighted by molar-refractivity contribution is 8.18. The van der Waals surface area contributed by atoms with Gasteiger partial charge in [0.15, 0.2) is 6.61 Å². The van der Waals surface area contributed by atoms with Crippen LogP contribution in [0.2, 0.25) is 5.02 Å². The fourth-order valence-electron chi connectivity index (χ4n) is 2.65. The lowest BCUT2D eigenvalue weighted by atomic mass is 10.1. The highest BCUT2D eigenvalue weighted by atomic mass is 35.5. The number of amides is 3. The molecule has 0 aromatic heterocycles. The Hall–Kier alpha value is -2.77. The second kappa shape index (κ2) is 8.50. The zero-order valence-corrected chi connectivity index (χ0v) is 16.5. The molecule has 0 atom stereocenters. The molecule has 2 N–H and O–H groups in total. The number of imide groups is 1. The third-order valence-electron chi connectivity index (χ3n) is 3.92. The summed E-state index contributed by atoms with van der Waals surface area (Å²) < 4.78 is 5.19. The summed E-state index contributed by atoms with van der Waals surface area (Å²) in [5.41, 5.74) is 7.63. The van der Waals surface area contributed by atoms with Crippen LogP contribution in [0.3, 0.4) is 0 Å². The van der Waals surface area contributed by atoms with E-state index in [1.54, 1.807) is 24.3 Å². The number of carbonyl (C=O) groups excluding carboxylic acids is 3. The quantitative estimate of drug-likeness (QED) is 0.724. The minimum absolute atomic E-state index is 0.227. The third kappa shape index (κ3) is 4.74. The van der Waals surface area contributed by atoms with E-state index in [0.717, 1.165) is 22.9 Å². The van der Waals surface area contributed by atoms with Gasteiger partial charge in [-0.2, -0.15) is 0 Å². The minimum Gasteiger partial charge on any atom is -0.482 e. The van der Waals surface area contributed by atoms with Crippen LogP contribution in [0.1, 0.15) is 16.7 Å². The van der Waals surface area contributed by atoms with Crippen molar-refractivity contribution >= 4 is 46.5 Å². The van der Waals surface area contributed by atoms with Crippen molar-refractivity contribution in [3.05, 3.63) is 69.1 Å². The molecule has 1 heterocycles. The van der Waals surface area contributed by atoms with Crippen molar-refractivity contribution in [1.82, 2.24) is 4.90 Å². The molecule has 0 bridgehead atoms. The molecule has 28 heavy (non-hydrogen) atoms. The zero-order valence-electron chi connectivity index (χ0n) is 15.0. The standard InChI is InChI=1S/C20H17ClN2O4S/c1-12-3-2-4-14(7-12)10-23-19(25)17(28-20(23)26)9-13-5-6-16(15(21)8-13)27-11-18(22)24/h2-9H,10-11H2,1H3,(H2,22,24). The Morgan fingerprint density at radius 3 is 2.71 bits per heavy atom. The van der Waals surface area contributed by atoms with Crippen molar-refractivity contribution < 1.29 is 19.1 Å². The van der Waals surface area contributed by atoms with E-state index < -0.39 is 5.91 Å². The van der Waals surface area contributed by atoms with Gasteiger partial charge in [0, 0.05) is 0 Å². The number of ether oxygens (including phenoxy) is 1. The number of aryl methyl sites for hydroxylation is 1. The maximum absolute atomic E-state index is 12.6. The van der Waals surface area contributed by atoms with E-state index in [2.05, 4.69) is 0 Å². The number of nitrogens with zero attached hydrogens (tertiary/aromatic N) is 1. The first-order valence-electron chi connectivity index (χ1n) is 8.35. The number of carbonyl (C=O) groups is 3. The van der Waals surface area contributed by atoms with E-state index in [4.69, 9.17) is 22.1 Å². The molecule has 3 amide bonds. The van der Waals surface area contributed by atoms with E-state index >= 15 is 0 Å². The number of hydrogen-bond donors (Lipinski definition) is 1. The molecule has 1 saturated heterocycles. The van der Waals surface area contributed by atoms with Crippen molar-refractivity contribution in [3.63, 3.8) is 0 Å². The van der Waals surface area contributed by atoms with Crippen LogP contribution < -0.4 is 10.5 Å². The average molecular weight is 417 g/mol. The van der Waals surface area contributed by atoms with Gasteiger partial charge in [0.05, 0.1) is 16.5 Å². The van der Waals surface area contributed by atoms with Gasteiger partial charge in [-0.3, -0.25) is 19.3 Å². The summed E-state index contributed by atoms with van der Waals surface area (Å²) in [4.78, 5) is 37.3. The molecule has 8 heteroatoms. The van der Waals surface area contributed by atoms with Crippen molar-refractivity contribution in [1.29, 1.82) is 0 Å². The van der Waals surface area contributed by atoms with Gasteiger partial charge in [-0.15, -0.1) is 0 Å². The summed E-state index contributed by atoms with van der Waals surface area (Å²) >= 11 is 7.03. The molecule has 2 aromatic carbocycles. The lowest BCUT2D eigenvalue weighted by Gasteiger charge is -2.12. The van der Waals surface area contributed by atoms with E-state index in [1.165, 1.54) is 4.90 Å². The van der Waals surface area contributed by atoms with E-state index in [-0.39, 0.29) is 29.3 Å². The number of halogens is 1. The van der Waals surface area contributed by atoms with Gasteiger partial charge in [-0.25, -0.2) is 0 Å². The van der Waals surface area contributed by atoms with E-state index in [0.29, 0.717) is 16.2 Å². The molecule has 2 aromatic rings. The van der Waals surface area contributed by atoms with Crippen LogP contribution in [-0.2, 0) is 16.1 Å². The van der Waals surface area contributed by atoms with Crippen LogP contribution in [0.4, 0.5) is 4.79 Å². The minimum atomic E-state index is -0.609. The Kier molecular flexibility index (Phi) is 6.06. The molecule has 3 rings (SSSR count). The summed E-state index contributed by atoms with van der Waals surface area (Å²) in [7, 11) is 0. The monoisotopic (exact) mass is 416 g/mol. The maximum Gasteiger partial charge on any atom is 0.293 e. The van der Waals surface area contributed by atoms with Crippen molar-refractivity contribution in [2.75, 3.05) is 6.61 Å². The summed E-state index contributed by atoms with van der Waals surface area (Å²) in [6.45, 7) is 1.90. The summed E-state index contributed by atoms with van der Waals surface area (Å²) in [6.07, 6.45) is 1.60. The Bertz CT molecular complexity index is 990. The number of nitrogens with two attached hydrogens (primary N) is 1. The topological polar surface area (TPSA) is 89.7 Å². The predicted molar refractivity (Wildman–Crippen MR) is 109 cm³/mol. The molecule has 1 aliphatic heterocycles. The Morgan fingerprint density at radius 1 is 1.25 bits per heavy atom. The van der Waals surface area contributed by atoms with Crippen LogP contribution in [0.15, 0.2) is 47.4 Å². The molecule has 0 unspecified atom stereocenters. The maximum atomic E-state index is 12.6. The van der Waals surface area contributed by atoms with Gasteiger partial charge in [0.1, 0.15) is 5.75 Å². The molecule has 144 valence electrons. The average Bonchev–Trinajstić information content (AvgIpc) is 2.88. The van der Waals surface area contributed by atoms with E-state index in [1.807, 2.05) is 31.2 Å². The van der Waals surface area contributed by atoms with Crippen LogP contribution in [0.25, 0.3) is 6.08 Å². The number of thioether (sulfide) groups is 1. The number of hydrogen-bond acceptors (Lipinski definition) is 5. The van der Waals surface area contributed by atoms with Gasteiger partial charge >= 0.3 is 0 Å². The van der Waals surface area contributed by atoms with Crippen molar-refractivity contribution in [2.24, 2.45) is 5.73 Å². The van der Waals surface area contributed by atoms with Crippen molar-refractivity contribution in [2.45, 2.75) is 13.5 Å². The third-order valence-corrected chi connectivity index (χ3v) is 5.12. The van der Waals surface area contributed by atoms with Crippen LogP contribution in [0.5, 0.6) is 5.75 Å². The lowest BCUT2D eigenvalue weighted by molar-refractivity contribution is -0.123. The summed E-state index contributed by atoms with van der Waals surface area (Å²) in [5.74, 6) is -0.644. The highest BCUT2D eigenvalue weighted by Crippen LogP contribution is 2.34. The fraction of sp³-hybridized carbons (Fsp3) is 0.150. The molecule has 0 radical (unpaired) electrons.